The van der Waals surface area contributed by atoms with E-state index in [0.29, 0.717) is 34.8 Å². The van der Waals surface area contributed by atoms with E-state index in [9.17, 15) is 14.7 Å². The minimum Gasteiger partial charge on any atom is -0.508 e. The first-order valence-corrected chi connectivity index (χ1v) is 10.2. The molecule has 0 aliphatic carbocycles. The fourth-order valence-corrected chi connectivity index (χ4v) is 4.56. The Balaban J connectivity index is 1.94. The molecule has 1 atom stereocenters. The number of aromatic nitrogens is 3. The average Bonchev–Trinajstić information content (AvgIpc) is 3.12. The van der Waals surface area contributed by atoms with E-state index in [-0.39, 0.29) is 11.3 Å². The monoisotopic (exact) mass is 437 g/mol. The number of benzene rings is 2. The van der Waals surface area contributed by atoms with Gasteiger partial charge in [-0.05, 0) is 35.4 Å². The first kappa shape index (κ1) is 19.7. The Kier molecular flexibility index (Phi) is 4.53. The summed E-state index contributed by atoms with van der Waals surface area (Å²) in [5.41, 5.74) is 2.78. The number of nitrogens with zero attached hydrogens (tertiary/aromatic N) is 3. The van der Waals surface area contributed by atoms with Crippen molar-refractivity contribution in [2.24, 2.45) is 14.1 Å². The van der Waals surface area contributed by atoms with Gasteiger partial charge in [0.1, 0.15) is 11.9 Å². The van der Waals surface area contributed by atoms with E-state index < -0.39 is 11.8 Å². The second kappa shape index (κ2) is 7.14. The van der Waals surface area contributed by atoms with Crippen LogP contribution in [0, 0.1) is 0 Å². The molecule has 158 valence electrons. The van der Waals surface area contributed by atoms with Crippen LogP contribution in [-0.4, -0.2) is 25.4 Å². The van der Waals surface area contributed by atoms with Crippen LogP contribution < -0.4 is 11.2 Å². The highest BCUT2D eigenvalue weighted by atomic mass is 35.5. The number of hydrogen-bond donors (Lipinski definition) is 1. The summed E-state index contributed by atoms with van der Waals surface area (Å²) in [5.74, 6) is 0.122. The Morgan fingerprint density at radius 2 is 1.81 bits per heavy atom. The van der Waals surface area contributed by atoms with Gasteiger partial charge in [0.2, 0.25) is 0 Å². The molecule has 0 amide bonds. The van der Waals surface area contributed by atoms with E-state index in [4.69, 9.17) is 16.3 Å². The van der Waals surface area contributed by atoms with Crippen LogP contribution in [0.25, 0.3) is 22.2 Å². The molecule has 8 heteroatoms. The van der Waals surface area contributed by atoms with Gasteiger partial charge in [0, 0.05) is 25.7 Å². The number of aryl methyl sites for hydroxylation is 1. The zero-order valence-electron chi connectivity index (χ0n) is 17.0. The number of phenolic OH excluding ortho intramolecular Hbond substituents is 1. The average molecular weight is 438 g/mol. The van der Waals surface area contributed by atoms with Gasteiger partial charge in [-0.2, -0.15) is 0 Å². The number of phenols is 1. The van der Waals surface area contributed by atoms with Gasteiger partial charge in [0.05, 0.1) is 28.9 Å². The van der Waals surface area contributed by atoms with Gasteiger partial charge in [0.15, 0.2) is 0 Å². The molecule has 4 aromatic rings. The van der Waals surface area contributed by atoms with E-state index in [0.717, 1.165) is 21.4 Å². The molecule has 31 heavy (non-hydrogen) atoms. The number of hydrogen-bond acceptors (Lipinski definition) is 4. The van der Waals surface area contributed by atoms with E-state index in [1.165, 1.54) is 11.6 Å². The molecule has 0 fully saturated rings. The quantitative estimate of drug-likeness (QED) is 0.522. The van der Waals surface area contributed by atoms with Crippen LogP contribution in [-0.2, 0) is 25.4 Å². The van der Waals surface area contributed by atoms with Crippen LogP contribution in [0.5, 0.6) is 5.75 Å². The first-order valence-electron chi connectivity index (χ1n) is 9.87. The molecule has 2 aromatic carbocycles. The van der Waals surface area contributed by atoms with E-state index >= 15 is 0 Å². The molecule has 0 unspecified atom stereocenters. The summed E-state index contributed by atoms with van der Waals surface area (Å²) in [6.45, 7) is 0.942. The van der Waals surface area contributed by atoms with Crippen LogP contribution in [0.15, 0.2) is 58.1 Å². The number of fused-ring (bicyclic) bond motifs is 3. The van der Waals surface area contributed by atoms with Gasteiger partial charge in [-0.1, -0.05) is 35.9 Å². The summed E-state index contributed by atoms with van der Waals surface area (Å²) in [5, 5.41) is 11.1. The van der Waals surface area contributed by atoms with Crippen LogP contribution in [0.1, 0.15) is 17.4 Å². The van der Waals surface area contributed by atoms with Crippen LogP contribution in [0.3, 0.4) is 0 Å². The van der Waals surface area contributed by atoms with Crippen molar-refractivity contribution in [2.75, 3.05) is 6.61 Å². The van der Waals surface area contributed by atoms with Gasteiger partial charge >= 0.3 is 5.69 Å². The number of aromatic hydroxyl groups is 1. The van der Waals surface area contributed by atoms with Gasteiger partial charge in [-0.3, -0.25) is 13.9 Å². The standard InChI is InChI=1S/C23H20ClN3O4/c1-25-19-17(22(29)26(2)23(25)30)18(13-6-8-15(24)9-7-13)27-10-11-31-21(20(19)27)14-4-3-5-16(28)12-14/h3-9,12,21,28H,10-11H2,1-2H3/t21-/m1/s1. The second-order valence-electron chi connectivity index (χ2n) is 7.67. The lowest BCUT2D eigenvalue weighted by Crippen LogP contribution is -2.37. The lowest BCUT2D eigenvalue weighted by Gasteiger charge is -2.27. The Morgan fingerprint density at radius 3 is 2.52 bits per heavy atom. The molecule has 1 aliphatic heterocycles. The summed E-state index contributed by atoms with van der Waals surface area (Å²) in [4.78, 5) is 26.1. The lowest BCUT2D eigenvalue weighted by atomic mass is 10.0. The minimum atomic E-state index is -0.540. The molecule has 2 aromatic heterocycles. The van der Waals surface area contributed by atoms with Crippen molar-refractivity contribution in [3.05, 3.63) is 85.6 Å². The number of rotatable bonds is 2. The zero-order chi connectivity index (χ0) is 21.9. The summed E-state index contributed by atoms with van der Waals surface area (Å²) in [6, 6.07) is 14.1. The van der Waals surface area contributed by atoms with E-state index in [2.05, 4.69) is 0 Å². The van der Waals surface area contributed by atoms with E-state index in [1.54, 1.807) is 37.4 Å². The maximum Gasteiger partial charge on any atom is 0.331 e. The Hall–Kier alpha value is -3.29. The normalized spacial score (nSPS) is 15.9. The fourth-order valence-electron chi connectivity index (χ4n) is 4.43. The first-order chi connectivity index (χ1) is 14.9. The summed E-state index contributed by atoms with van der Waals surface area (Å²) in [6.07, 6.45) is -0.540. The molecule has 5 rings (SSSR count). The molecule has 7 nitrogen and oxygen atoms in total. The van der Waals surface area contributed by atoms with Gasteiger partial charge in [-0.25, -0.2) is 4.79 Å². The Labute approximate surface area is 182 Å². The summed E-state index contributed by atoms with van der Waals surface area (Å²) < 4.78 is 10.8. The molecular formula is C23H20ClN3O4. The van der Waals surface area contributed by atoms with Crippen LogP contribution in [0.4, 0.5) is 0 Å². The molecule has 0 radical (unpaired) electrons. The van der Waals surface area contributed by atoms with E-state index in [1.807, 2.05) is 22.8 Å². The highest BCUT2D eigenvalue weighted by molar-refractivity contribution is 6.30. The van der Waals surface area contributed by atoms with Crippen molar-refractivity contribution in [1.29, 1.82) is 0 Å². The van der Waals surface area contributed by atoms with Crippen molar-refractivity contribution in [3.63, 3.8) is 0 Å². The molecule has 0 saturated heterocycles. The van der Waals surface area contributed by atoms with Crippen molar-refractivity contribution < 1.29 is 9.84 Å². The SMILES string of the molecule is Cn1c(=O)c2c(-c3ccc(Cl)cc3)n3c(c2n(C)c1=O)[C@@H](c1cccc(O)c1)OCC3. The third kappa shape index (κ3) is 2.92. The predicted octanol–water partition coefficient (Wildman–Crippen LogP) is 3.18. The number of ether oxygens (including phenoxy) is 1. The van der Waals surface area contributed by atoms with Crippen molar-refractivity contribution in [1.82, 2.24) is 13.7 Å². The highest BCUT2D eigenvalue weighted by Gasteiger charge is 2.33. The molecule has 0 saturated carbocycles. The van der Waals surface area contributed by atoms with Crippen molar-refractivity contribution in [2.45, 2.75) is 12.6 Å². The number of halogens is 1. The molecule has 1 aliphatic rings. The van der Waals surface area contributed by atoms with Crippen molar-refractivity contribution in [3.8, 4) is 17.0 Å². The molecule has 0 spiro atoms. The zero-order valence-corrected chi connectivity index (χ0v) is 17.8. The molecular weight excluding hydrogens is 418 g/mol. The third-order valence-electron chi connectivity index (χ3n) is 5.84. The topological polar surface area (TPSA) is 78.4 Å². The smallest absolute Gasteiger partial charge is 0.331 e. The maximum absolute atomic E-state index is 13.3. The van der Waals surface area contributed by atoms with Crippen molar-refractivity contribution >= 4 is 22.5 Å². The Bertz CT molecular complexity index is 1450. The van der Waals surface area contributed by atoms with Gasteiger partial charge < -0.3 is 14.4 Å². The maximum atomic E-state index is 13.3. The third-order valence-corrected chi connectivity index (χ3v) is 6.10. The Morgan fingerprint density at radius 1 is 1.06 bits per heavy atom. The molecule has 1 N–H and O–H groups in total. The minimum absolute atomic E-state index is 0.122. The highest BCUT2D eigenvalue weighted by Crippen LogP contribution is 2.41. The van der Waals surface area contributed by atoms with Crippen LogP contribution >= 0.6 is 11.6 Å². The lowest BCUT2D eigenvalue weighted by molar-refractivity contribution is 0.0477. The summed E-state index contributed by atoms with van der Waals surface area (Å²) in [7, 11) is 3.14. The van der Waals surface area contributed by atoms with Gasteiger partial charge in [0.25, 0.3) is 5.56 Å². The fraction of sp³-hybridized carbons (Fsp3) is 0.217. The molecule has 3 heterocycles. The second-order valence-corrected chi connectivity index (χ2v) is 8.10. The predicted molar refractivity (Wildman–Crippen MR) is 119 cm³/mol. The largest absolute Gasteiger partial charge is 0.508 e. The van der Waals surface area contributed by atoms with Crippen LogP contribution in [0.2, 0.25) is 5.02 Å². The summed E-state index contributed by atoms with van der Waals surface area (Å²) >= 11 is 6.09. The van der Waals surface area contributed by atoms with Gasteiger partial charge in [-0.15, -0.1) is 0 Å². The molecule has 0 bridgehead atoms.